The Kier molecular flexibility index (Phi) is 9.05. The van der Waals surface area contributed by atoms with Crippen molar-refractivity contribution >= 4 is 49.9 Å². The van der Waals surface area contributed by atoms with E-state index in [0.29, 0.717) is 0 Å². The summed E-state index contributed by atoms with van der Waals surface area (Å²) < 4.78 is 0. The Balaban J connectivity index is 1.08. The van der Waals surface area contributed by atoms with E-state index < -0.39 is 5.41 Å². The Bertz CT molecular complexity index is 3900. The van der Waals surface area contributed by atoms with Gasteiger partial charge in [-0.25, -0.2) is 0 Å². The third-order valence-corrected chi connectivity index (χ3v) is 15.9. The smallest absolute Gasteiger partial charge is 0.0741 e. The summed E-state index contributed by atoms with van der Waals surface area (Å²) in [6.07, 6.45) is 0. The zero-order chi connectivity index (χ0) is 45.5. The molecule has 0 saturated carbocycles. The van der Waals surface area contributed by atoms with Crippen molar-refractivity contribution < 1.29 is 0 Å². The molecule has 14 rings (SSSR count). The molecule has 2 aliphatic carbocycles. The number of nitrogens with zero attached hydrogens (tertiary/aromatic N) is 1. The third-order valence-electron chi connectivity index (χ3n) is 14.7. The van der Waals surface area contributed by atoms with E-state index >= 15 is 0 Å². The second kappa shape index (κ2) is 15.8. The van der Waals surface area contributed by atoms with Crippen molar-refractivity contribution in [2.45, 2.75) is 5.41 Å². The Morgan fingerprint density at radius 2 is 0.812 bits per heavy atom. The molecular formula is C67H43NS. The van der Waals surface area contributed by atoms with Crippen LogP contribution in [0.2, 0.25) is 0 Å². The first-order chi connectivity index (χ1) is 34.3. The molecule has 1 nitrogen and oxygen atoms in total. The summed E-state index contributed by atoms with van der Waals surface area (Å²) in [7, 11) is 0. The molecule has 322 valence electrons. The Labute approximate surface area is 406 Å². The van der Waals surface area contributed by atoms with Gasteiger partial charge >= 0.3 is 0 Å². The van der Waals surface area contributed by atoms with Gasteiger partial charge in [0.15, 0.2) is 0 Å². The van der Waals surface area contributed by atoms with Gasteiger partial charge in [-0.3, -0.25) is 0 Å². The van der Waals surface area contributed by atoms with Crippen LogP contribution in [0.25, 0.3) is 86.9 Å². The molecule has 0 radical (unpaired) electrons. The minimum atomic E-state index is -0.607. The molecule has 0 bridgehead atoms. The summed E-state index contributed by atoms with van der Waals surface area (Å²) in [5.74, 6) is 0. The molecule has 0 atom stereocenters. The summed E-state index contributed by atoms with van der Waals surface area (Å²) in [6, 6.07) is 96.8. The predicted molar refractivity (Wildman–Crippen MR) is 292 cm³/mol. The third kappa shape index (κ3) is 5.96. The second-order valence-corrected chi connectivity index (χ2v) is 19.3. The quantitative estimate of drug-likeness (QED) is 0.144. The SMILES string of the molecule is c1ccc(-c2ccc(N(c3ccc4c(c3)C3(c5ccccc5-c5ccccc53)c3c-4sc(-c4ccccc4-c4ccccc4)c3-c3ccccc3)c3cc4ccccc4c4ccccc34)cc2)cc1. The summed E-state index contributed by atoms with van der Waals surface area (Å²) in [5, 5.41) is 4.92. The van der Waals surface area contributed by atoms with Gasteiger partial charge in [0.2, 0.25) is 0 Å². The first-order valence-corrected chi connectivity index (χ1v) is 24.7. The van der Waals surface area contributed by atoms with Crippen LogP contribution in [0, 0.1) is 0 Å². The van der Waals surface area contributed by atoms with E-state index in [1.165, 1.54) is 109 Å². The van der Waals surface area contributed by atoms with Gasteiger partial charge in [0, 0.05) is 37.6 Å². The van der Waals surface area contributed by atoms with Crippen molar-refractivity contribution in [1.29, 1.82) is 0 Å². The molecule has 1 aromatic heterocycles. The summed E-state index contributed by atoms with van der Waals surface area (Å²) in [5.41, 5.74) is 20.6. The summed E-state index contributed by atoms with van der Waals surface area (Å²) in [4.78, 5) is 5.13. The molecule has 0 amide bonds. The van der Waals surface area contributed by atoms with Gasteiger partial charge in [0.25, 0.3) is 0 Å². The van der Waals surface area contributed by atoms with Crippen LogP contribution in [0.5, 0.6) is 0 Å². The fourth-order valence-electron chi connectivity index (χ4n) is 11.8. The lowest BCUT2D eigenvalue weighted by molar-refractivity contribution is 0.797. The lowest BCUT2D eigenvalue weighted by Crippen LogP contribution is -2.26. The highest BCUT2D eigenvalue weighted by Crippen LogP contribution is 2.68. The van der Waals surface area contributed by atoms with Crippen molar-refractivity contribution in [3.8, 4) is 65.4 Å². The maximum absolute atomic E-state index is 2.54. The van der Waals surface area contributed by atoms with E-state index in [4.69, 9.17) is 0 Å². The topological polar surface area (TPSA) is 3.24 Å². The summed E-state index contributed by atoms with van der Waals surface area (Å²) >= 11 is 1.95. The number of hydrogen-bond donors (Lipinski definition) is 0. The molecule has 0 fully saturated rings. The normalized spacial score (nSPS) is 12.8. The van der Waals surface area contributed by atoms with E-state index in [-0.39, 0.29) is 0 Å². The highest BCUT2D eigenvalue weighted by atomic mass is 32.1. The van der Waals surface area contributed by atoms with Gasteiger partial charge in [-0.15, -0.1) is 11.3 Å². The van der Waals surface area contributed by atoms with E-state index in [1.807, 2.05) is 11.3 Å². The van der Waals surface area contributed by atoms with Gasteiger partial charge in [0.05, 0.1) is 11.1 Å². The first-order valence-electron chi connectivity index (χ1n) is 23.8. The molecule has 0 aliphatic heterocycles. The zero-order valence-electron chi connectivity index (χ0n) is 37.7. The lowest BCUT2D eigenvalue weighted by atomic mass is 9.69. The maximum atomic E-state index is 2.54. The zero-order valence-corrected chi connectivity index (χ0v) is 38.5. The van der Waals surface area contributed by atoms with E-state index in [9.17, 15) is 0 Å². The monoisotopic (exact) mass is 893 g/mol. The molecule has 0 unspecified atom stereocenters. The first kappa shape index (κ1) is 39.6. The Morgan fingerprint density at radius 3 is 1.49 bits per heavy atom. The van der Waals surface area contributed by atoms with Crippen molar-refractivity contribution in [3.63, 3.8) is 0 Å². The van der Waals surface area contributed by atoms with Crippen LogP contribution in [-0.4, -0.2) is 0 Å². The van der Waals surface area contributed by atoms with Gasteiger partial charge in [-0.05, 0) is 113 Å². The minimum Gasteiger partial charge on any atom is -0.310 e. The molecule has 1 spiro atoms. The van der Waals surface area contributed by atoms with Crippen molar-refractivity contribution in [1.82, 2.24) is 0 Å². The molecule has 1 heterocycles. The molecular weight excluding hydrogens is 851 g/mol. The number of anilines is 3. The van der Waals surface area contributed by atoms with Gasteiger partial charge in [-0.1, -0.05) is 231 Å². The van der Waals surface area contributed by atoms with Crippen molar-refractivity contribution in [2.24, 2.45) is 0 Å². The van der Waals surface area contributed by atoms with Crippen LogP contribution in [0.1, 0.15) is 22.3 Å². The van der Waals surface area contributed by atoms with Gasteiger partial charge in [-0.2, -0.15) is 0 Å². The number of rotatable bonds is 7. The fourth-order valence-corrected chi connectivity index (χ4v) is 13.2. The van der Waals surface area contributed by atoms with Crippen molar-refractivity contribution in [2.75, 3.05) is 4.90 Å². The molecule has 0 saturated heterocycles. The van der Waals surface area contributed by atoms with Crippen LogP contribution in [0.4, 0.5) is 17.1 Å². The number of benzene rings is 11. The van der Waals surface area contributed by atoms with Crippen molar-refractivity contribution in [3.05, 3.63) is 283 Å². The minimum absolute atomic E-state index is 0.607. The van der Waals surface area contributed by atoms with Crippen LogP contribution in [0.15, 0.2) is 261 Å². The van der Waals surface area contributed by atoms with Crippen LogP contribution in [-0.2, 0) is 5.41 Å². The number of thiophene rings is 1. The van der Waals surface area contributed by atoms with E-state index in [0.717, 1.165) is 17.1 Å². The Hall–Kier alpha value is -8.56. The largest absolute Gasteiger partial charge is 0.310 e. The van der Waals surface area contributed by atoms with Gasteiger partial charge < -0.3 is 4.90 Å². The molecule has 12 aromatic rings. The second-order valence-electron chi connectivity index (χ2n) is 18.3. The standard InChI is InChI=1S/C67H43NS/c1-4-20-44(21-5-1)45-36-38-49(39-37-45)68(62-42-48-26-10-11-28-52(48)53-29-13-14-32-56(53)62)50-40-41-58-61(43-50)67(59-34-18-16-30-54(59)55-31-17-19-35-60(55)67)64-63(47-24-8-3-9-25-47)65(69-66(58)64)57-33-15-12-27-51(57)46-22-6-2-7-23-46/h1-43H. The molecule has 69 heavy (non-hydrogen) atoms. The fraction of sp³-hybridized carbons (Fsp3) is 0.0149. The van der Waals surface area contributed by atoms with Gasteiger partial charge in [0.1, 0.15) is 0 Å². The average Bonchev–Trinajstić information content (AvgIpc) is 4.06. The van der Waals surface area contributed by atoms with Crippen LogP contribution < -0.4 is 4.90 Å². The number of fused-ring (bicyclic) bond motifs is 13. The van der Waals surface area contributed by atoms with E-state index in [1.54, 1.807) is 0 Å². The Morgan fingerprint density at radius 1 is 0.304 bits per heavy atom. The maximum Gasteiger partial charge on any atom is 0.0741 e. The summed E-state index contributed by atoms with van der Waals surface area (Å²) in [6.45, 7) is 0. The predicted octanol–water partition coefficient (Wildman–Crippen LogP) is 18.5. The lowest BCUT2D eigenvalue weighted by Gasteiger charge is -2.33. The number of hydrogen-bond acceptors (Lipinski definition) is 2. The van der Waals surface area contributed by atoms with E-state index in [2.05, 4.69) is 266 Å². The average molecular weight is 894 g/mol. The van der Waals surface area contributed by atoms with Crippen LogP contribution in [0.3, 0.4) is 0 Å². The molecule has 0 N–H and O–H groups in total. The highest BCUT2D eigenvalue weighted by Gasteiger charge is 2.54. The molecule has 2 heteroatoms. The van der Waals surface area contributed by atoms with Crippen LogP contribution >= 0.6 is 11.3 Å². The molecule has 11 aromatic carbocycles. The molecule has 2 aliphatic rings. The highest BCUT2D eigenvalue weighted by molar-refractivity contribution is 7.20.